The fraction of sp³-hybridized carbons (Fsp3) is 0.600. The van der Waals surface area contributed by atoms with Crippen LogP contribution in [0.1, 0.15) is 51.0 Å². The van der Waals surface area contributed by atoms with E-state index in [1.165, 1.54) is 23.1 Å². The lowest BCUT2D eigenvalue weighted by Crippen LogP contribution is -2.37. The van der Waals surface area contributed by atoms with Gasteiger partial charge in [-0.3, -0.25) is 23.3 Å². The van der Waals surface area contributed by atoms with E-state index >= 15 is 0 Å². The number of aromatic nitrogens is 5. The van der Waals surface area contributed by atoms with Gasteiger partial charge >= 0.3 is 5.69 Å². The lowest BCUT2D eigenvalue weighted by Gasteiger charge is -2.16. The van der Waals surface area contributed by atoms with Crippen molar-refractivity contribution in [3.63, 3.8) is 0 Å². The van der Waals surface area contributed by atoms with Gasteiger partial charge in [0.2, 0.25) is 11.7 Å². The van der Waals surface area contributed by atoms with Gasteiger partial charge in [-0.05, 0) is 31.6 Å². The van der Waals surface area contributed by atoms with E-state index < -0.39 is 11.2 Å². The Labute approximate surface area is 166 Å². The highest BCUT2D eigenvalue weighted by molar-refractivity contribution is 5.76. The van der Waals surface area contributed by atoms with Gasteiger partial charge in [0.25, 0.3) is 11.1 Å². The van der Waals surface area contributed by atoms with Crippen molar-refractivity contribution < 1.29 is 5.11 Å². The SMILES string of the molecule is CCCCc1c(O)n2c3c(=O)n(C)c(=O)n(C)c3nc2n(CC2CCCC2)c1=O. The summed E-state index contributed by atoms with van der Waals surface area (Å²) in [6.45, 7) is 2.52. The monoisotopic (exact) mass is 401 g/mol. The number of imidazole rings is 1. The number of aromatic hydroxyl groups is 1. The molecule has 1 fully saturated rings. The zero-order valence-corrected chi connectivity index (χ0v) is 17.1. The summed E-state index contributed by atoms with van der Waals surface area (Å²) in [5.74, 6) is 0.332. The Kier molecular flexibility index (Phi) is 4.84. The molecule has 1 N–H and O–H groups in total. The van der Waals surface area contributed by atoms with Gasteiger partial charge in [0.1, 0.15) is 0 Å². The molecule has 9 heteroatoms. The molecule has 0 radical (unpaired) electrons. The van der Waals surface area contributed by atoms with Crippen LogP contribution in [0.25, 0.3) is 16.9 Å². The third-order valence-corrected chi connectivity index (χ3v) is 6.16. The van der Waals surface area contributed by atoms with Crippen LogP contribution in [0.5, 0.6) is 5.88 Å². The average Bonchev–Trinajstić information content (AvgIpc) is 3.35. The molecule has 3 aromatic heterocycles. The zero-order chi connectivity index (χ0) is 20.9. The van der Waals surface area contributed by atoms with Gasteiger partial charge in [-0.25, -0.2) is 9.20 Å². The van der Waals surface area contributed by atoms with E-state index in [2.05, 4.69) is 4.98 Å². The van der Waals surface area contributed by atoms with Crippen LogP contribution in [-0.4, -0.2) is 28.2 Å². The largest absolute Gasteiger partial charge is 0.494 e. The Hall–Kier alpha value is -2.84. The Balaban J connectivity index is 2.13. The summed E-state index contributed by atoms with van der Waals surface area (Å²) in [7, 11) is 2.93. The van der Waals surface area contributed by atoms with Gasteiger partial charge in [-0.15, -0.1) is 0 Å². The topological polar surface area (TPSA) is 104 Å². The highest BCUT2D eigenvalue weighted by Crippen LogP contribution is 2.28. The predicted molar refractivity (Wildman–Crippen MR) is 110 cm³/mol. The molecule has 9 nitrogen and oxygen atoms in total. The summed E-state index contributed by atoms with van der Waals surface area (Å²) in [5, 5.41) is 11.0. The molecule has 1 saturated carbocycles. The summed E-state index contributed by atoms with van der Waals surface area (Å²) in [5.41, 5.74) is -0.722. The van der Waals surface area contributed by atoms with Crippen molar-refractivity contribution in [3.05, 3.63) is 36.8 Å². The first-order chi connectivity index (χ1) is 13.9. The summed E-state index contributed by atoms with van der Waals surface area (Å²) < 4.78 is 5.22. The van der Waals surface area contributed by atoms with Crippen molar-refractivity contribution in [1.29, 1.82) is 0 Å². The zero-order valence-electron chi connectivity index (χ0n) is 17.1. The van der Waals surface area contributed by atoms with Crippen LogP contribution in [-0.2, 0) is 27.1 Å². The van der Waals surface area contributed by atoms with Crippen LogP contribution in [0.15, 0.2) is 14.4 Å². The molecule has 0 aromatic carbocycles. The quantitative estimate of drug-likeness (QED) is 0.694. The standard InChI is InChI=1S/C20H27N5O4/c1-4-5-10-13-16(26)24(11-12-8-6-7-9-12)19-21-15-14(25(19)17(13)27)18(28)23(3)20(29)22(15)2/h12,27H,4-11H2,1-3H3. The van der Waals surface area contributed by atoms with E-state index in [-0.39, 0.29) is 28.4 Å². The molecule has 0 saturated heterocycles. The van der Waals surface area contributed by atoms with E-state index in [0.717, 1.165) is 43.1 Å². The molecule has 1 aliphatic carbocycles. The summed E-state index contributed by atoms with van der Waals surface area (Å²) in [6, 6.07) is 0. The number of hydrogen-bond acceptors (Lipinski definition) is 5. The molecule has 156 valence electrons. The van der Waals surface area contributed by atoms with Gasteiger partial charge in [0, 0.05) is 20.6 Å². The van der Waals surface area contributed by atoms with Crippen LogP contribution in [0.2, 0.25) is 0 Å². The Morgan fingerprint density at radius 3 is 2.41 bits per heavy atom. The van der Waals surface area contributed by atoms with Gasteiger partial charge in [-0.2, -0.15) is 4.98 Å². The predicted octanol–water partition coefficient (Wildman–Crippen LogP) is 1.28. The van der Waals surface area contributed by atoms with Crippen molar-refractivity contribution in [3.8, 4) is 5.88 Å². The first-order valence-corrected chi connectivity index (χ1v) is 10.3. The van der Waals surface area contributed by atoms with Crippen LogP contribution in [0.4, 0.5) is 0 Å². The second kappa shape index (κ2) is 7.20. The highest BCUT2D eigenvalue weighted by atomic mass is 16.3. The van der Waals surface area contributed by atoms with Crippen molar-refractivity contribution >= 4 is 16.9 Å². The minimum atomic E-state index is -0.543. The molecule has 3 aromatic rings. The maximum atomic E-state index is 13.3. The summed E-state index contributed by atoms with van der Waals surface area (Å²) in [6.07, 6.45) is 6.42. The Morgan fingerprint density at radius 1 is 1.07 bits per heavy atom. The molecular weight excluding hydrogens is 374 g/mol. The van der Waals surface area contributed by atoms with Crippen LogP contribution in [0, 0.1) is 5.92 Å². The number of nitrogens with zero attached hydrogens (tertiary/aromatic N) is 5. The van der Waals surface area contributed by atoms with Crippen molar-refractivity contribution in [1.82, 2.24) is 23.1 Å². The lowest BCUT2D eigenvalue weighted by molar-refractivity contribution is 0.416. The van der Waals surface area contributed by atoms with E-state index in [1.54, 1.807) is 4.57 Å². The minimum absolute atomic E-state index is 0.111. The molecule has 0 bridgehead atoms. The maximum Gasteiger partial charge on any atom is 0.332 e. The number of aryl methyl sites for hydroxylation is 1. The normalized spacial score (nSPS) is 15.1. The van der Waals surface area contributed by atoms with Crippen molar-refractivity contribution in [2.75, 3.05) is 0 Å². The molecule has 0 unspecified atom stereocenters. The van der Waals surface area contributed by atoms with Crippen molar-refractivity contribution in [2.24, 2.45) is 20.0 Å². The summed E-state index contributed by atoms with van der Waals surface area (Å²) in [4.78, 5) is 43.0. The molecule has 1 aliphatic rings. The molecular formula is C20H27N5O4. The van der Waals surface area contributed by atoms with Crippen LogP contribution < -0.4 is 16.8 Å². The van der Waals surface area contributed by atoms with E-state index in [0.29, 0.717) is 24.4 Å². The smallest absolute Gasteiger partial charge is 0.332 e. The number of unbranched alkanes of at least 4 members (excludes halogenated alkanes) is 1. The lowest BCUT2D eigenvalue weighted by atomic mass is 10.1. The van der Waals surface area contributed by atoms with E-state index in [9.17, 15) is 19.5 Å². The molecule has 0 atom stereocenters. The number of hydrogen-bond donors (Lipinski definition) is 1. The highest BCUT2D eigenvalue weighted by Gasteiger charge is 2.26. The molecule has 0 spiro atoms. The second-order valence-electron chi connectivity index (χ2n) is 8.10. The Bertz CT molecular complexity index is 1270. The van der Waals surface area contributed by atoms with Gasteiger partial charge in [-0.1, -0.05) is 26.2 Å². The van der Waals surface area contributed by atoms with E-state index in [4.69, 9.17) is 0 Å². The van der Waals surface area contributed by atoms with E-state index in [1.807, 2.05) is 6.92 Å². The van der Waals surface area contributed by atoms with Crippen LogP contribution >= 0.6 is 0 Å². The Morgan fingerprint density at radius 2 is 1.76 bits per heavy atom. The number of rotatable bonds is 5. The molecule has 3 heterocycles. The fourth-order valence-corrected chi connectivity index (χ4v) is 4.44. The first kappa shape index (κ1) is 19.5. The minimum Gasteiger partial charge on any atom is -0.494 e. The van der Waals surface area contributed by atoms with Crippen LogP contribution in [0.3, 0.4) is 0 Å². The third kappa shape index (κ3) is 2.90. The second-order valence-corrected chi connectivity index (χ2v) is 8.10. The van der Waals surface area contributed by atoms with Gasteiger partial charge in [0.05, 0.1) is 5.56 Å². The van der Waals surface area contributed by atoms with Crippen molar-refractivity contribution in [2.45, 2.75) is 58.4 Å². The van der Waals surface area contributed by atoms with Gasteiger partial charge < -0.3 is 5.11 Å². The maximum absolute atomic E-state index is 13.3. The summed E-state index contributed by atoms with van der Waals surface area (Å²) >= 11 is 0. The molecule has 29 heavy (non-hydrogen) atoms. The van der Waals surface area contributed by atoms with Gasteiger partial charge in [0.15, 0.2) is 11.2 Å². The molecule has 4 rings (SSSR count). The molecule has 0 amide bonds. The average molecular weight is 401 g/mol. The third-order valence-electron chi connectivity index (χ3n) is 6.16. The fourth-order valence-electron chi connectivity index (χ4n) is 4.44. The number of fused-ring (bicyclic) bond motifs is 3. The molecule has 0 aliphatic heterocycles. The first-order valence-electron chi connectivity index (χ1n) is 10.3.